The summed E-state index contributed by atoms with van der Waals surface area (Å²) in [7, 11) is 0. The van der Waals surface area contributed by atoms with Gasteiger partial charge in [0.15, 0.2) is 0 Å². The molecule has 0 saturated heterocycles. The van der Waals surface area contributed by atoms with E-state index in [0.717, 1.165) is 26.5 Å². The number of nitrogens with two attached hydrogens (primary N) is 1. The quantitative estimate of drug-likeness (QED) is 0.332. The first-order valence-electron chi connectivity index (χ1n) is 10.6. The maximum atomic E-state index is 13.3. The summed E-state index contributed by atoms with van der Waals surface area (Å²) in [5, 5.41) is 2.90. The fraction of sp³-hybridized carbons (Fsp3) is 0.111. The second kappa shape index (κ2) is 10.3. The van der Waals surface area contributed by atoms with Gasteiger partial charge in [-0.05, 0) is 65.2 Å². The first kappa shape index (κ1) is 22.6. The average Bonchev–Trinajstić information content (AvgIpc) is 2.85. The lowest BCUT2D eigenvalue weighted by atomic mass is 9.93. The van der Waals surface area contributed by atoms with Gasteiger partial charge in [0.1, 0.15) is 5.82 Å². The van der Waals surface area contributed by atoms with Crippen molar-refractivity contribution in [2.24, 2.45) is 0 Å². The molecular weight excluding hydrogens is 433 g/mol. The number of halogens is 1. The van der Waals surface area contributed by atoms with Gasteiger partial charge in [-0.2, -0.15) is 0 Å². The molecule has 0 spiro atoms. The lowest BCUT2D eigenvalue weighted by Gasteiger charge is -2.17. The summed E-state index contributed by atoms with van der Waals surface area (Å²) >= 11 is 1.56. The normalized spacial score (nSPS) is 11.7. The average molecular weight is 458 g/mol. The van der Waals surface area contributed by atoms with Crippen molar-refractivity contribution in [2.75, 3.05) is 5.73 Å². The number of benzene rings is 3. The number of pyridine rings is 1. The highest BCUT2D eigenvalue weighted by Crippen LogP contribution is 2.38. The molecule has 1 heterocycles. The van der Waals surface area contributed by atoms with Crippen molar-refractivity contribution in [1.29, 1.82) is 0 Å². The minimum absolute atomic E-state index is 0.0914. The fourth-order valence-electron chi connectivity index (χ4n) is 3.55. The van der Waals surface area contributed by atoms with Crippen LogP contribution in [0.2, 0.25) is 0 Å². The zero-order chi connectivity index (χ0) is 23.2. The van der Waals surface area contributed by atoms with E-state index in [1.807, 2.05) is 42.5 Å². The van der Waals surface area contributed by atoms with Crippen LogP contribution in [-0.4, -0.2) is 10.9 Å². The molecule has 0 saturated carbocycles. The van der Waals surface area contributed by atoms with Crippen molar-refractivity contribution >= 4 is 23.4 Å². The van der Waals surface area contributed by atoms with Gasteiger partial charge >= 0.3 is 0 Å². The van der Waals surface area contributed by atoms with E-state index in [4.69, 9.17) is 5.73 Å². The maximum absolute atomic E-state index is 13.3. The zero-order valence-electron chi connectivity index (χ0n) is 18.2. The standard InChI is InChI=1S/C27H24FN3OS/c1-18(20-6-9-22(28)10-7-20)23-4-2-3-5-25(23)33-26-11-8-21(16-24(26)29)27(32)31-17-19-12-14-30-15-13-19/h2-16,18H,17,29H2,1H3,(H,31,32). The van der Waals surface area contributed by atoms with Crippen LogP contribution in [0.4, 0.5) is 10.1 Å². The SMILES string of the molecule is CC(c1ccc(F)cc1)c1ccccc1Sc1ccc(C(=O)NCc2ccncc2)cc1N. The molecule has 0 aliphatic rings. The predicted molar refractivity (Wildman–Crippen MR) is 131 cm³/mol. The minimum Gasteiger partial charge on any atom is -0.398 e. The predicted octanol–water partition coefficient (Wildman–Crippen LogP) is 6.04. The van der Waals surface area contributed by atoms with Gasteiger partial charge < -0.3 is 11.1 Å². The maximum Gasteiger partial charge on any atom is 0.251 e. The number of nitrogen functional groups attached to an aromatic ring is 1. The second-order valence-corrected chi connectivity index (χ2v) is 8.79. The Hall–Kier alpha value is -3.64. The molecule has 3 N–H and O–H groups in total. The second-order valence-electron chi connectivity index (χ2n) is 7.70. The monoisotopic (exact) mass is 457 g/mol. The van der Waals surface area contributed by atoms with Crippen LogP contribution in [0.15, 0.2) is 101 Å². The highest BCUT2D eigenvalue weighted by Gasteiger charge is 2.15. The van der Waals surface area contributed by atoms with E-state index in [1.54, 1.807) is 36.3 Å². The van der Waals surface area contributed by atoms with Gasteiger partial charge in [0.05, 0.1) is 0 Å². The van der Waals surface area contributed by atoms with Crippen molar-refractivity contribution in [2.45, 2.75) is 29.2 Å². The molecule has 0 bridgehead atoms. The van der Waals surface area contributed by atoms with E-state index in [-0.39, 0.29) is 17.6 Å². The smallest absolute Gasteiger partial charge is 0.251 e. The first-order valence-corrected chi connectivity index (χ1v) is 11.4. The molecule has 0 aliphatic heterocycles. The molecule has 4 nitrogen and oxygen atoms in total. The number of rotatable bonds is 7. The van der Waals surface area contributed by atoms with Crippen LogP contribution in [0, 0.1) is 5.82 Å². The molecule has 4 rings (SSSR count). The number of nitrogens with zero attached hydrogens (tertiary/aromatic N) is 1. The van der Waals surface area contributed by atoms with Crippen LogP contribution in [0.5, 0.6) is 0 Å². The summed E-state index contributed by atoms with van der Waals surface area (Å²) in [6.07, 6.45) is 3.39. The summed E-state index contributed by atoms with van der Waals surface area (Å²) in [6.45, 7) is 2.53. The number of hydrogen-bond donors (Lipinski definition) is 2. The van der Waals surface area contributed by atoms with Gasteiger partial charge in [-0.1, -0.05) is 49.0 Å². The van der Waals surface area contributed by atoms with E-state index in [9.17, 15) is 9.18 Å². The minimum atomic E-state index is -0.244. The third-order valence-corrected chi connectivity index (χ3v) is 6.63. The van der Waals surface area contributed by atoms with E-state index >= 15 is 0 Å². The van der Waals surface area contributed by atoms with E-state index < -0.39 is 0 Å². The molecule has 1 atom stereocenters. The van der Waals surface area contributed by atoms with Gasteiger partial charge in [0, 0.05) is 45.9 Å². The molecule has 166 valence electrons. The van der Waals surface area contributed by atoms with Crippen molar-refractivity contribution in [1.82, 2.24) is 10.3 Å². The molecule has 0 fully saturated rings. The molecule has 3 aromatic carbocycles. The number of anilines is 1. The Bertz CT molecular complexity index is 1250. The molecule has 33 heavy (non-hydrogen) atoms. The van der Waals surface area contributed by atoms with Crippen molar-refractivity contribution < 1.29 is 9.18 Å². The Balaban J connectivity index is 1.49. The van der Waals surface area contributed by atoms with Crippen molar-refractivity contribution in [3.63, 3.8) is 0 Å². The van der Waals surface area contributed by atoms with Gasteiger partial charge in [0.25, 0.3) is 5.91 Å². The van der Waals surface area contributed by atoms with E-state index in [1.165, 1.54) is 12.1 Å². The van der Waals surface area contributed by atoms with E-state index in [0.29, 0.717) is 17.8 Å². The van der Waals surface area contributed by atoms with Crippen LogP contribution in [0.3, 0.4) is 0 Å². The lowest BCUT2D eigenvalue weighted by Crippen LogP contribution is -2.22. The summed E-state index contributed by atoms with van der Waals surface area (Å²) in [5.74, 6) is -0.333. The van der Waals surface area contributed by atoms with Crippen molar-refractivity contribution in [3.05, 3.63) is 119 Å². The largest absolute Gasteiger partial charge is 0.398 e. The summed E-state index contributed by atoms with van der Waals surface area (Å²) in [6, 6.07) is 23.8. The molecule has 0 radical (unpaired) electrons. The Labute approximate surface area is 197 Å². The molecule has 4 aromatic rings. The van der Waals surface area contributed by atoms with Gasteiger partial charge in [0.2, 0.25) is 0 Å². The molecular formula is C27H24FN3OS. The zero-order valence-corrected chi connectivity index (χ0v) is 19.0. The third kappa shape index (κ3) is 5.59. The van der Waals surface area contributed by atoms with Gasteiger partial charge in [-0.15, -0.1) is 0 Å². The van der Waals surface area contributed by atoms with Gasteiger partial charge in [-0.25, -0.2) is 4.39 Å². The number of carbonyl (C=O) groups excluding carboxylic acids is 1. The molecule has 1 amide bonds. The van der Waals surface area contributed by atoms with Crippen LogP contribution < -0.4 is 11.1 Å². The Morgan fingerprint density at radius 1 is 1.00 bits per heavy atom. The first-order chi connectivity index (χ1) is 16.0. The number of aromatic nitrogens is 1. The Morgan fingerprint density at radius 3 is 2.45 bits per heavy atom. The lowest BCUT2D eigenvalue weighted by molar-refractivity contribution is 0.0951. The number of amides is 1. The highest BCUT2D eigenvalue weighted by molar-refractivity contribution is 7.99. The topological polar surface area (TPSA) is 68.0 Å². The molecule has 1 unspecified atom stereocenters. The van der Waals surface area contributed by atoms with Crippen LogP contribution in [-0.2, 0) is 6.54 Å². The number of nitrogens with one attached hydrogen (secondary N) is 1. The Morgan fingerprint density at radius 2 is 1.73 bits per heavy atom. The van der Waals surface area contributed by atoms with Crippen LogP contribution in [0.1, 0.15) is 39.9 Å². The van der Waals surface area contributed by atoms with E-state index in [2.05, 4.69) is 29.4 Å². The van der Waals surface area contributed by atoms with Crippen molar-refractivity contribution in [3.8, 4) is 0 Å². The number of carbonyl (C=O) groups is 1. The Kier molecular flexibility index (Phi) is 7.05. The molecule has 1 aromatic heterocycles. The fourth-order valence-corrected chi connectivity index (χ4v) is 4.61. The number of hydrogen-bond acceptors (Lipinski definition) is 4. The van der Waals surface area contributed by atoms with Gasteiger partial charge in [-0.3, -0.25) is 9.78 Å². The molecule has 6 heteroatoms. The highest BCUT2D eigenvalue weighted by atomic mass is 32.2. The summed E-state index contributed by atoms with van der Waals surface area (Å²) in [4.78, 5) is 18.5. The third-order valence-electron chi connectivity index (χ3n) is 5.45. The van der Waals surface area contributed by atoms with Crippen LogP contribution in [0.25, 0.3) is 0 Å². The summed E-state index contributed by atoms with van der Waals surface area (Å²) < 4.78 is 13.3. The molecule has 0 aliphatic carbocycles. The summed E-state index contributed by atoms with van der Waals surface area (Å²) in [5.41, 5.74) is 10.5. The van der Waals surface area contributed by atoms with Crippen LogP contribution >= 0.6 is 11.8 Å².